The van der Waals surface area contributed by atoms with Gasteiger partial charge in [-0.05, 0) is 116 Å². The standard InChI is InChI=1S/C72H119NO8/c1-6-8-10-12-14-16-18-20-22-24-26-27-28-29-30-31-32-33-34-35-36-37-38-39-40-41-42-43-45-47-49-51-53-55-57-59-61-63-70(75)81-68(67-80-72(71(76)77)78-65-64-73(3,4)5)66-79-69(74)62-60-58-56-54-52-50-48-46-44-25-23-21-19-17-15-13-11-9-7-2/h8,10,14-17,20-23,26-27,29-30,32-33,35-36,38-39,44,46,68,72H,6-7,9,11-13,18-19,24-25,28,31,34,37,40-43,45,47-67H2,1-5H3/b10-8-,16-14-,17-15-,22-20-,23-21-,27-26-,30-29-,33-32-,36-35-,39-38-,46-44-. The van der Waals surface area contributed by atoms with Crippen LogP contribution in [0, 0.1) is 0 Å². The van der Waals surface area contributed by atoms with Crippen molar-refractivity contribution in [1.29, 1.82) is 0 Å². The predicted octanol–water partition coefficient (Wildman–Crippen LogP) is 18.5. The Labute approximate surface area is 497 Å². The van der Waals surface area contributed by atoms with Crippen molar-refractivity contribution in [2.75, 3.05) is 47.5 Å². The van der Waals surface area contributed by atoms with Gasteiger partial charge in [-0.25, -0.2) is 0 Å². The van der Waals surface area contributed by atoms with E-state index in [1.165, 1.54) is 89.9 Å². The van der Waals surface area contributed by atoms with Gasteiger partial charge in [0.15, 0.2) is 12.4 Å². The third kappa shape index (κ3) is 62.9. The second kappa shape index (κ2) is 61.5. The highest BCUT2D eigenvalue weighted by molar-refractivity contribution is 5.70. The number of unbranched alkanes of at least 4 members (excludes halogenated alkanes) is 21. The molecule has 81 heavy (non-hydrogen) atoms. The largest absolute Gasteiger partial charge is 0.545 e. The van der Waals surface area contributed by atoms with Crippen molar-refractivity contribution in [3.05, 3.63) is 134 Å². The summed E-state index contributed by atoms with van der Waals surface area (Å²) < 4.78 is 22.7. The fourth-order valence-electron chi connectivity index (χ4n) is 8.44. The maximum absolute atomic E-state index is 12.9. The molecular weight excluding hydrogens is 1010 g/mol. The number of esters is 2. The van der Waals surface area contributed by atoms with Crippen LogP contribution in [-0.4, -0.2) is 82.3 Å². The number of carboxylic acid groups (broad SMARTS) is 1. The number of carbonyl (C=O) groups is 3. The number of hydrogen-bond acceptors (Lipinski definition) is 8. The quantitative estimate of drug-likeness (QED) is 0.0195. The third-order valence-electron chi connectivity index (χ3n) is 13.4. The van der Waals surface area contributed by atoms with Crippen LogP contribution in [0.3, 0.4) is 0 Å². The Bertz CT molecular complexity index is 1790. The molecule has 0 heterocycles. The summed E-state index contributed by atoms with van der Waals surface area (Å²) >= 11 is 0. The Balaban J connectivity index is 4.18. The molecule has 0 N–H and O–H groups in total. The van der Waals surface area contributed by atoms with Crippen LogP contribution in [0.25, 0.3) is 0 Å². The van der Waals surface area contributed by atoms with Crippen molar-refractivity contribution in [1.82, 2.24) is 0 Å². The van der Waals surface area contributed by atoms with Crippen LogP contribution < -0.4 is 5.11 Å². The molecule has 0 saturated heterocycles. The van der Waals surface area contributed by atoms with Gasteiger partial charge in [0.2, 0.25) is 0 Å². The summed E-state index contributed by atoms with van der Waals surface area (Å²) in [7, 11) is 5.91. The fourth-order valence-corrected chi connectivity index (χ4v) is 8.44. The van der Waals surface area contributed by atoms with E-state index in [1.54, 1.807) is 0 Å². The molecule has 9 nitrogen and oxygen atoms in total. The average Bonchev–Trinajstić information content (AvgIpc) is 3.44. The predicted molar refractivity (Wildman–Crippen MR) is 343 cm³/mol. The van der Waals surface area contributed by atoms with Crippen LogP contribution in [0.2, 0.25) is 0 Å². The van der Waals surface area contributed by atoms with Crippen molar-refractivity contribution in [3.63, 3.8) is 0 Å². The zero-order chi connectivity index (χ0) is 59.1. The molecule has 9 heteroatoms. The van der Waals surface area contributed by atoms with Crippen LogP contribution in [0.15, 0.2) is 134 Å². The molecule has 0 aliphatic carbocycles. The topological polar surface area (TPSA) is 111 Å². The maximum atomic E-state index is 12.9. The highest BCUT2D eigenvalue weighted by Crippen LogP contribution is 2.15. The van der Waals surface area contributed by atoms with Gasteiger partial charge >= 0.3 is 11.9 Å². The minimum Gasteiger partial charge on any atom is -0.545 e. The molecule has 0 amide bonds. The molecule has 0 aliphatic heterocycles. The molecule has 0 aromatic carbocycles. The smallest absolute Gasteiger partial charge is 0.306 e. The van der Waals surface area contributed by atoms with Crippen LogP contribution >= 0.6 is 0 Å². The van der Waals surface area contributed by atoms with Crippen molar-refractivity contribution >= 4 is 17.9 Å². The molecule has 0 saturated carbocycles. The first-order valence-electron chi connectivity index (χ1n) is 32.3. The molecule has 0 fully saturated rings. The highest BCUT2D eigenvalue weighted by atomic mass is 16.7. The van der Waals surface area contributed by atoms with Crippen LogP contribution in [-0.2, 0) is 33.3 Å². The lowest BCUT2D eigenvalue weighted by Gasteiger charge is -2.26. The molecule has 2 unspecified atom stereocenters. The molecular formula is C72H119NO8. The molecule has 460 valence electrons. The van der Waals surface area contributed by atoms with Gasteiger partial charge in [-0.1, -0.05) is 250 Å². The highest BCUT2D eigenvalue weighted by Gasteiger charge is 2.22. The lowest BCUT2D eigenvalue weighted by Crippen LogP contribution is -2.44. The molecule has 0 aliphatic rings. The van der Waals surface area contributed by atoms with E-state index < -0.39 is 24.3 Å². The molecule has 0 radical (unpaired) electrons. The molecule has 0 bridgehead atoms. The Morgan fingerprint density at radius 1 is 0.383 bits per heavy atom. The second-order valence-electron chi connectivity index (χ2n) is 22.3. The van der Waals surface area contributed by atoms with Gasteiger partial charge in [0.05, 0.1) is 40.3 Å². The van der Waals surface area contributed by atoms with Gasteiger partial charge in [-0.2, -0.15) is 0 Å². The molecule has 0 rings (SSSR count). The molecule has 0 aromatic heterocycles. The molecule has 2 atom stereocenters. The van der Waals surface area contributed by atoms with E-state index in [9.17, 15) is 19.5 Å². The Kier molecular flexibility index (Phi) is 58.0. The number of hydrogen-bond donors (Lipinski definition) is 0. The van der Waals surface area contributed by atoms with Gasteiger partial charge in [-0.3, -0.25) is 9.59 Å². The van der Waals surface area contributed by atoms with Gasteiger partial charge in [0, 0.05) is 12.8 Å². The maximum Gasteiger partial charge on any atom is 0.306 e. The lowest BCUT2D eigenvalue weighted by molar-refractivity contribution is -0.870. The monoisotopic (exact) mass is 1130 g/mol. The number of likely N-dealkylation sites (N-methyl/N-ethyl adjacent to an activating group) is 1. The number of ether oxygens (including phenoxy) is 4. The average molecular weight is 1130 g/mol. The van der Waals surface area contributed by atoms with E-state index in [1.807, 2.05) is 21.1 Å². The number of allylic oxidation sites excluding steroid dienone is 22. The SMILES string of the molecule is CC/C=C\C/C=C\C/C=C\C/C=C\C/C=C\C/C=C\C/C=C\C/C=C\CCCCCCCCCCCCCCC(=O)OC(COC(=O)CCCCCCCC/C=C\C/C=C\C/C=C\CCCCC)COC(OCC[N+](C)(C)C)C(=O)[O-]. The minimum atomic E-state index is -1.63. The second-order valence-corrected chi connectivity index (χ2v) is 22.3. The first-order chi connectivity index (χ1) is 39.6. The summed E-state index contributed by atoms with van der Waals surface area (Å²) in [5, 5.41) is 11.8. The minimum absolute atomic E-state index is 0.139. The van der Waals surface area contributed by atoms with Crippen LogP contribution in [0.1, 0.15) is 245 Å². The van der Waals surface area contributed by atoms with E-state index in [2.05, 4.69) is 148 Å². The lowest BCUT2D eigenvalue weighted by atomic mass is 10.0. The number of aliphatic carboxylic acids is 1. The van der Waals surface area contributed by atoms with Crippen LogP contribution in [0.5, 0.6) is 0 Å². The van der Waals surface area contributed by atoms with Gasteiger partial charge in [0.1, 0.15) is 13.2 Å². The summed E-state index contributed by atoms with van der Waals surface area (Å²) in [5.74, 6) is -2.31. The van der Waals surface area contributed by atoms with Gasteiger partial charge in [-0.15, -0.1) is 0 Å². The van der Waals surface area contributed by atoms with E-state index in [4.69, 9.17) is 18.9 Å². The number of carboxylic acids is 1. The number of carbonyl (C=O) groups excluding carboxylic acids is 3. The van der Waals surface area contributed by atoms with E-state index in [-0.39, 0.29) is 38.6 Å². The fraction of sp³-hybridized carbons (Fsp3) is 0.653. The third-order valence-corrected chi connectivity index (χ3v) is 13.4. The normalized spacial score (nSPS) is 13.6. The van der Waals surface area contributed by atoms with Crippen molar-refractivity contribution in [3.8, 4) is 0 Å². The summed E-state index contributed by atoms with van der Waals surface area (Å²) in [6.45, 7) is 4.58. The Morgan fingerprint density at radius 3 is 1.05 bits per heavy atom. The Hall–Kier alpha value is -4.57. The van der Waals surface area contributed by atoms with Gasteiger partial charge < -0.3 is 33.3 Å². The van der Waals surface area contributed by atoms with E-state index in [0.29, 0.717) is 17.4 Å². The number of nitrogens with zero attached hydrogens (tertiary/aromatic N) is 1. The summed E-state index contributed by atoms with van der Waals surface area (Å²) in [6, 6.07) is 0. The molecule has 0 spiro atoms. The van der Waals surface area contributed by atoms with Crippen molar-refractivity contribution in [2.45, 2.75) is 257 Å². The summed E-state index contributed by atoms with van der Waals surface area (Å²) in [5.41, 5.74) is 0. The van der Waals surface area contributed by atoms with Gasteiger partial charge in [0.25, 0.3) is 0 Å². The Morgan fingerprint density at radius 2 is 0.704 bits per heavy atom. The van der Waals surface area contributed by atoms with E-state index >= 15 is 0 Å². The summed E-state index contributed by atoms with van der Waals surface area (Å²) in [6.07, 6.45) is 85.1. The van der Waals surface area contributed by atoms with Crippen molar-refractivity contribution in [2.24, 2.45) is 0 Å². The van der Waals surface area contributed by atoms with E-state index in [0.717, 1.165) is 122 Å². The molecule has 0 aromatic rings. The first kappa shape index (κ1) is 76.4. The summed E-state index contributed by atoms with van der Waals surface area (Å²) in [4.78, 5) is 37.4. The number of quaternary nitrogens is 1. The first-order valence-corrected chi connectivity index (χ1v) is 32.3. The number of rotatable bonds is 58. The van der Waals surface area contributed by atoms with Crippen molar-refractivity contribution < 1.29 is 42.9 Å². The van der Waals surface area contributed by atoms with Crippen LogP contribution in [0.4, 0.5) is 0 Å². The zero-order valence-electron chi connectivity index (χ0n) is 52.4. The zero-order valence-corrected chi connectivity index (χ0v) is 52.4.